The second kappa shape index (κ2) is 9.73. The summed E-state index contributed by atoms with van der Waals surface area (Å²) in [6.45, 7) is 6.55. The van der Waals surface area contributed by atoms with E-state index in [9.17, 15) is 4.79 Å². The minimum atomic E-state index is 0.261. The molecule has 0 aromatic carbocycles. The minimum Gasteiger partial charge on any atom is -0.303 e. The first kappa shape index (κ1) is 17.9. The fourth-order valence-corrected chi connectivity index (χ4v) is 5.54. The molecule has 0 unspecified atom stereocenters. The van der Waals surface area contributed by atoms with Gasteiger partial charge in [-0.1, -0.05) is 23.3 Å². The van der Waals surface area contributed by atoms with Crippen molar-refractivity contribution in [3.05, 3.63) is 23.3 Å². The summed E-state index contributed by atoms with van der Waals surface area (Å²) in [6, 6.07) is 0. The lowest BCUT2D eigenvalue weighted by Crippen LogP contribution is -2.24. The Kier molecular flexibility index (Phi) is 8.70. The molecule has 1 nitrogen and oxygen atoms in total. The molecule has 0 N–H and O–H groups in total. The van der Waals surface area contributed by atoms with Crippen molar-refractivity contribution in [2.24, 2.45) is 0 Å². The number of aldehydes is 1. The second-order valence-corrected chi connectivity index (χ2v) is 8.96. The Morgan fingerprint density at radius 3 is 2.40 bits per heavy atom. The Balaban J connectivity index is 2.51. The van der Waals surface area contributed by atoms with Gasteiger partial charge in [-0.3, -0.25) is 0 Å². The van der Waals surface area contributed by atoms with E-state index in [0.29, 0.717) is 6.42 Å². The molecule has 0 radical (unpaired) electrons. The molecule has 0 aliphatic carbocycles. The smallest absolute Gasteiger partial charge is 0.120 e. The molecule has 1 heterocycles. The van der Waals surface area contributed by atoms with E-state index in [4.69, 9.17) is 0 Å². The predicted octanol–water partition coefficient (Wildman–Crippen LogP) is 5.61. The lowest BCUT2D eigenvalue weighted by Gasteiger charge is -2.35. The van der Waals surface area contributed by atoms with Crippen LogP contribution in [-0.2, 0) is 4.79 Å². The van der Waals surface area contributed by atoms with Crippen LogP contribution in [-0.4, -0.2) is 21.9 Å². The molecule has 0 aromatic rings. The molecule has 1 saturated heterocycles. The van der Waals surface area contributed by atoms with Crippen molar-refractivity contribution in [3.8, 4) is 0 Å². The third-order valence-electron chi connectivity index (χ3n) is 3.51. The highest BCUT2D eigenvalue weighted by Gasteiger charge is 2.32. The van der Waals surface area contributed by atoms with Crippen LogP contribution in [0.2, 0.25) is 0 Å². The highest BCUT2D eigenvalue weighted by Crippen LogP contribution is 2.48. The van der Waals surface area contributed by atoms with E-state index >= 15 is 0 Å². The topological polar surface area (TPSA) is 17.1 Å². The van der Waals surface area contributed by atoms with Crippen LogP contribution >= 0.6 is 23.5 Å². The Bertz CT molecular complexity index is 348. The van der Waals surface area contributed by atoms with Crippen molar-refractivity contribution in [1.82, 2.24) is 0 Å². The highest BCUT2D eigenvalue weighted by atomic mass is 32.2. The molecule has 1 fully saturated rings. The Morgan fingerprint density at radius 2 is 1.80 bits per heavy atom. The zero-order valence-electron chi connectivity index (χ0n) is 13.1. The summed E-state index contributed by atoms with van der Waals surface area (Å²) in [7, 11) is 0. The number of rotatable bonds is 8. The summed E-state index contributed by atoms with van der Waals surface area (Å²) in [5.41, 5.74) is 2.89. The first-order chi connectivity index (χ1) is 9.58. The van der Waals surface area contributed by atoms with Gasteiger partial charge in [0.1, 0.15) is 6.29 Å². The zero-order valence-corrected chi connectivity index (χ0v) is 14.7. The summed E-state index contributed by atoms with van der Waals surface area (Å²) < 4.78 is 0.261. The lowest BCUT2D eigenvalue weighted by atomic mass is 10.1. The summed E-state index contributed by atoms with van der Waals surface area (Å²) in [5, 5.41) is 0. The third-order valence-corrected chi connectivity index (χ3v) is 7.00. The van der Waals surface area contributed by atoms with E-state index in [2.05, 4.69) is 56.4 Å². The molecule has 1 rings (SSSR count). The van der Waals surface area contributed by atoms with Gasteiger partial charge in [0, 0.05) is 6.42 Å². The molecule has 114 valence electrons. The first-order valence-corrected chi connectivity index (χ1v) is 9.56. The van der Waals surface area contributed by atoms with Crippen molar-refractivity contribution < 1.29 is 4.79 Å². The van der Waals surface area contributed by atoms with Gasteiger partial charge in [0.05, 0.1) is 4.08 Å². The molecule has 20 heavy (non-hydrogen) atoms. The second-order valence-electron chi connectivity index (χ2n) is 5.74. The molecule has 1 aliphatic heterocycles. The summed E-state index contributed by atoms with van der Waals surface area (Å²) >= 11 is 4.14. The zero-order chi connectivity index (χ0) is 14.8. The van der Waals surface area contributed by atoms with E-state index in [-0.39, 0.29) is 4.08 Å². The SMILES string of the molecule is CC(C)=CCCC(C)=CCC1(CCC=O)SCCCS1. The Hall–Kier alpha value is -0.150. The number of carbonyl (C=O) groups excluding carboxylic acids is 1. The molecular formula is C17H28OS2. The number of thioether (sulfide) groups is 2. The van der Waals surface area contributed by atoms with E-state index in [1.807, 2.05) is 0 Å². The van der Waals surface area contributed by atoms with Crippen LogP contribution in [0.1, 0.15) is 59.3 Å². The van der Waals surface area contributed by atoms with Crippen molar-refractivity contribution in [1.29, 1.82) is 0 Å². The molecule has 0 atom stereocenters. The fourth-order valence-electron chi connectivity index (χ4n) is 2.28. The predicted molar refractivity (Wildman–Crippen MR) is 94.6 cm³/mol. The van der Waals surface area contributed by atoms with Crippen LogP contribution in [0.3, 0.4) is 0 Å². The quantitative estimate of drug-likeness (QED) is 0.428. The number of allylic oxidation sites excluding steroid dienone is 4. The summed E-state index contributed by atoms with van der Waals surface area (Å²) in [6.07, 6.45) is 12.2. The molecule has 0 bridgehead atoms. The summed E-state index contributed by atoms with van der Waals surface area (Å²) in [5.74, 6) is 2.49. The van der Waals surface area contributed by atoms with Crippen molar-refractivity contribution in [3.63, 3.8) is 0 Å². The molecular weight excluding hydrogens is 284 g/mol. The van der Waals surface area contributed by atoms with Gasteiger partial charge in [-0.05, 0) is 64.4 Å². The van der Waals surface area contributed by atoms with E-state index in [0.717, 1.165) is 32.0 Å². The summed E-state index contributed by atoms with van der Waals surface area (Å²) in [4.78, 5) is 10.7. The van der Waals surface area contributed by atoms with Gasteiger partial charge in [-0.25, -0.2) is 0 Å². The molecule has 0 spiro atoms. The van der Waals surface area contributed by atoms with Crippen LogP contribution in [0.4, 0.5) is 0 Å². The standard InChI is InChI=1S/C17H28OS2/c1-15(2)7-4-8-16(3)9-11-17(10-5-12-18)19-13-6-14-20-17/h7,9,12H,4-6,8,10-11,13-14H2,1-3H3. The molecule has 0 saturated carbocycles. The third kappa shape index (κ3) is 7.03. The van der Waals surface area contributed by atoms with Crippen LogP contribution in [0.25, 0.3) is 0 Å². The number of hydrogen-bond acceptors (Lipinski definition) is 3. The van der Waals surface area contributed by atoms with Crippen molar-refractivity contribution in [2.75, 3.05) is 11.5 Å². The molecule has 3 heteroatoms. The fraction of sp³-hybridized carbons (Fsp3) is 0.706. The molecule has 1 aliphatic rings. The number of hydrogen-bond donors (Lipinski definition) is 0. The van der Waals surface area contributed by atoms with Crippen LogP contribution in [0.15, 0.2) is 23.3 Å². The molecule has 0 aromatic heterocycles. The van der Waals surface area contributed by atoms with Gasteiger partial charge < -0.3 is 4.79 Å². The normalized spacial score (nSPS) is 18.6. The number of carbonyl (C=O) groups is 1. The highest BCUT2D eigenvalue weighted by molar-refractivity contribution is 8.18. The maximum absolute atomic E-state index is 10.7. The van der Waals surface area contributed by atoms with Gasteiger partial charge in [-0.2, -0.15) is 0 Å². The van der Waals surface area contributed by atoms with Gasteiger partial charge in [-0.15, -0.1) is 23.5 Å². The average Bonchev–Trinajstić information content (AvgIpc) is 2.44. The van der Waals surface area contributed by atoms with Crippen molar-refractivity contribution in [2.45, 2.75) is 63.4 Å². The maximum Gasteiger partial charge on any atom is 0.120 e. The monoisotopic (exact) mass is 312 g/mol. The molecule has 0 amide bonds. The van der Waals surface area contributed by atoms with Crippen molar-refractivity contribution >= 4 is 29.8 Å². The van der Waals surface area contributed by atoms with Gasteiger partial charge in [0.15, 0.2) is 0 Å². The van der Waals surface area contributed by atoms with Gasteiger partial charge in [0.2, 0.25) is 0 Å². The Morgan fingerprint density at radius 1 is 1.10 bits per heavy atom. The van der Waals surface area contributed by atoms with Gasteiger partial charge >= 0.3 is 0 Å². The van der Waals surface area contributed by atoms with E-state index in [1.54, 1.807) is 0 Å². The van der Waals surface area contributed by atoms with Crippen LogP contribution in [0, 0.1) is 0 Å². The Labute approximate surface area is 133 Å². The van der Waals surface area contributed by atoms with Crippen LogP contribution < -0.4 is 0 Å². The largest absolute Gasteiger partial charge is 0.303 e. The van der Waals surface area contributed by atoms with Crippen LogP contribution in [0.5, 0.6) is 0 Å². The van der Waals surface area contributed by atoms with E-state index < -0.39 is 0 Å². The average molecular weight is 313 g/mol. The first-order valence-electron chi connectivity index (χ1n) is 7.58. The lowest BCUT2D eigenvalue weighted by molar-refractivity contribution is -0.107. The minimum absolute atomic E-state index is 0.261. The van der Waals surface area contributed by atoms with E-state index in [1.165, 1.54) is 29.1 Å². The maximum atomic E-state index is 10.7. The van der Waals surface area contributed by atoms with Gasteiger partial charge in [0.25, 0.3) is 0 Å².